The molecular formula is C15H15N3O3. The van der Waals surface area contributed by atoms with Gasteiger partial charge in [0.2, 0.25) is 5.76 Å². The number of nitrogens with zero attached hydrogens (tertiary/aromatic N) is 2. The third-order valence-corrected chi connectivity index (χ3v) is 3.36. The van der Waals surface area contributed by atoms with E-state index < -0.39 is 5.97 Å². The molecule has 0 saturated carbocycles. The first-order chi connectivity index (χ1) is 10.1. The van der Waals surface area contributed by atoms with E-state index in [0.717, 1.165) is 16.8 Å². The molecule has 3 rings (SSSR count). The van der Waals surface area contributed by atoms with Crippen LogP contribution in [0.1, 0.15) is 21.8 Å². The van der Waals surface area contributed by atoms with Gasteiger partial charge in [-0.2, -0.15) is 5.10 Å². The zero-order valence-corrected chi connectivity index (χ0v) is 11.8. The second-order valence-corrected chi connectivity index (χ2v) is 4.87. The Labute approximate surface area is 121 Å². The van der Waals surface area contributed by atoms with Crippen molar-refractivity contribution in [3.05, 3.63) is 47.5 Å². The molecule has 2 aromatic heterocycles. The van der Waals surface area contributed by atoms with Crippen LogP contribution in [0.15, 0.2) is 34.9 Å². The number of benzene rings is 1. The Hall–Kier alpha value is -2.76. The number of furan rings is 1. The monoisotopic (exact) mass is 285 g/mol. The number of fused-ring (bicyclic) bond motifs is 1. The van der Waals surface area contributed by atoms with E-state index >= 15 is 0 Å². The summed E-state index contributed by atoms with van der Waals surface area (Å²) in [7, 11) is 1.84. The summed E-state index contributed by atoms with van der Waals surface area (Å²) in [5, 5.41) is 17.6. The van der Waals surface area contributed by atoms with Gasteiger partial charge in [0.05, 0.1) is 11.4 Å². The molecule has 2 heterocycles. The fourth-order valence-electron chi connectivity index (χ4n) is 2.40. The number of carboxylic acids is 1. The van der Waals surface area contributed by atoms with Crippen LogP contribution in [0.3, 0.4) is 0 Å². The fraction of sp³-hybridized carbons (Fsp3) is 0.200. The van der Waals surface area contributed by atoms with E-state index in [4.69, 9.17) is 4.42 Å². The number of nitrogens with one attached hydrogen (secondary N) is 1. The standard InChI is InChI=1S/C15H15N3O3/c1-9-12(8-18(2)17-9)16-7-11-10-5-3-4-6-13(10)21-14(11)15(19)20/h3-6,8,16H,7H2,1-2H3,(H,19,20). The van der Waals surface area contributed by atoms with Crippen LogP contribution in [0.5, 0.6) is 0 Å². The van der Waals surface area contributed by atoms with E-state index in [1.807, 2.05) is 38.4 Å². The maximum atomic E-state index is 11.3. The number of aromatic nitrogens is 2. The van der Waals surface area contributed by atoms with Crippen LogP contribution in [0.25, 0.3) is 11.0 Å². The quantitative estimate of drug-likeness (QED) is 0.770. The molecule has 0 amide bonds. The lowest BCUT2D eigenvalue weighted by molar-refractivity contribution is 0.0663. The van der Waals surface area contributed by atoms with Crippen molar-refractivity contribution in [3.8, 4) is 0 Å². The van der Waals surface area contributed by atoms with Crippen LogP contribution in [0.4, 0.5) is 5.69 Å². The smallest absolute Gasteiger partial charge is 0.372 e. The molecule has 0 aliphatic rings. The van der Waals surface area contributed by atoms with E-state index in [1.54, 1.807) is 10.7 Å². The molecule has 1 aromatic carbocycles. The van der Waals surface area contributed by atoms with E-state index in [9.17, 15) is 9.90 Å². The largest absolute Gasteiger partial charge is 0.475 e. The van der Waals surface area contributed by atoms with Crippen molar-refractivity contribution >= 4 is 22.6 Å². The highest BCUT2D eigenvalue weighted by Crippen LogP contribution is 2.27. The molecule has 0 bridgehead atoms. The first-order valence-corrected chi connectivity index (χ1v) is 6.54. The van der Waals surface area contributed by atoms with Crippen LogP contribution >= 0.6 is 0 Å². The normalized spacial score (nSPS) is 11.0. The predicted octanol–water partition coefficient (Wildman–Crippen LogP) is 2.79. The molecular weight excluding hydrogens is 270 g/mol. The Kier molecular flexibility index (Phi) is 3.13. The summed E-state index contributed by atoms with van der Waals surface area (Å²) in [6.07, 6.45) is 1.86. The third kappa shape index (κ3) is 2.35. The topological polar surface area (TPSA) is 80.3 Å². The van der Waals surface area contributed by atoms with Crippen molar-refractivity contribution in [3.63, 3.8) is 0 Å². The average molecular weight is 285 g/mol. The van der Waals surface area contributed by atoms with Crippen LogP contribution < -0.4 is 5.32 Å². The molecule has 6 heteroatoms. The van der Waals surface area contributed by atoms with Crippen molar-refractivity contribution < 1.29 is 14.3 Å². The molecule has 3 aromatic rings. The van der Waals surface area contributed by atoms with Crippen molar-refractivity contribution in [2.45, 2.75) is 13.5 Å². The van der Waals surface area contributed by atoms with Crippen molar-refractivity contribution in [1.29, 1.82) is 0 Å². The minimum absolute atomic E-state index is 0.0229. The number of hydrogen-bond acceptors (Lipinski definition) is 4. The SMILES string of the molecule is Cc1nn(C)cc1NCc1c(C(=O)O)oc2ccccc12. The van der Waals surface area contributed by atoms with Crippen molar-refractivity contribution in [2.24, 2.45) is 7.05 Å². The van der Waals surface area contributed by atoms with Crippen LogP contribution in [-0.4, -0.2) is 20.9 Å². The van der Waals surface area contributed by atoms with Crippen LogP contribution in [-0.2, 0) is 13.6 Å². The number of aromatic carboxylic acids is 1. The highest BCUT2D eigenvalue weighted by atomic mass is 16.4. The molecule has 2 N–H and O–H groups in total. The van der Waals surface area contributed by atoms with Gasteiger partial charge in [-0.05, 0) is 13.0 Å². The highest BCUT2D eigenvalue weighted by molar-refractivity contribution is 5.95. The summed E-state index contributed by atoms with van der Waals surface area (Å²) >= 11 is 0. The average Bonchev–Trinajstić information content (AvgIpc) is 2.96. The molecule has 108 valence electrons. The number of carboxylic acid groups (broad SMARTS) is 1. The zero-order valence-electron chi connectivity index (χ0n) is 11.8. The van der Waals surface area contributed by atoms with Crippen molar-refractivity contribution in [1.82, 2.24) is 9.78 Å². The van der Waals surface area contributed by atoms with Gasteiger partial charge in [0.25, 0.3) is 0 Å². The van der Waals surface area contributed by atoms with Crippen molar-refractivity contribution in [2.75, 3.05) is 5.32 Å². The lowest BCUT2D eigenvalue weighted by Gasteiger charge is -2.04. The minimum atomic E-state index is -1.06. The minimum Gasteiger partial charge on any atom is -0.475 e. The Balaban J connectivity index is 1.97. The van der Waals surface area contributed by atoms with E-state index in [-0.39, 0.29) is 5.76 Å². The van der Waals surface area contributed by atoms with E-state index in [1.165, 1.54) is 0 Å². The first kappa shape index (κ1) is 13.2. The van der Waals surface area contributed by atoms with Gasteiger partial charge in [-0.3, -0.25) is 4.68 Å². The Bertz CT molecular complexity index is 817. The number of anilines is 1. The van der Waals surface area contributed by atoms with Gasteiger partial charge in [-0.1, -0.05) is 18.2 Å². The summed E-state index contributed by atoms with van der Waals surface area (Å²) in [6.45, 7) is 2.26. The Morgan fingerprint density at radius 1 is 1.43 bits per heavy atom. The zero-order chi connectivity index (χ0) is 15.0. The molecule has 0 radical (unpaired) electrons. The van der Waals surface area contributed by atoms with Gasteiger partial charge in [0, 0.05) is 30.7 Å². The molecule has 0 spiro atoms. The summed E-state index contributed by atoms with van der Waals surface area (Å²) < 4.78 is 7.14. The van der Waals surface area contributed by atoms with Gasteiger partial charge >= 0.3 is 5.97 Å². The van der Waals surface area contributed by atoms with Crippen LogP contribution in [0.2, 0.25) is 0 Å². The predicted molar refractivity (Wildman–Crippen MR) is 78.4 cm³/mol. The maximum absolute atomic E-state index is 11.3. The maximum Gasteiger partial charge on any atom is 0.372 e. The number of rotatable bonds is 4. The summed E-state index contributed by atoms with van der Waals surface area (Å²) in [5.41, 5.74) is 2.96. The van der Waals surface area contributed by atoms with Gasteiger partial charge in [0.15, 0.2) is 0 Å². The lowest BCUT2D eigenvalue weighted by Crippen LogP contribution is -2.05. The number of hydrogen-bond donors (Lipinski definition) is 2. The summed E-state index contributed by atoms with van der Waals surface area (Å²) in [4.78, 5) is 11.3. The molecule has 0 aliphatic carbocycles. The fourth-order valence-corrected chi connectivity index (χ4v) is 2.40. The van der Waals surface area contributed by atoms with E-state index in [0.29, 0.717) is 17.7 Å². The number of carbonyl (C=O) groups is 1. The lowest BCUT2D eigenvalue weighted by atomic mass is 10.1. The van der Waals surface area contributed by atoms with E-state index in [2.05, 4.69) is 10.4 Å². The van der Waals surface area contributed by atoms with Gasteiger partial charge in [0.1, 0.15) is 5.58 Å². The Morgan fingerprint density at radius 3 is 2.86 bits per heavy atom. The van der Waals surface area contributed by atoms with Crippen LogP contribution in [0, 0.1) is 6.92 Å². The van der Waals surface area contributed by atoms with Gasteiger partial charge in [-0.15, -0.1) is 0 Å². The first-order valence-electron chi connectivity index (χ1n) is 6.54. The second-order valence-electron chi connectivity index (χ2n) is 4.87. The summed E-state index contributed by atoms with van der Waals surface area (Å²) in [5.74, 6) is -1.09. The highest BCUT2D eigenvalue weighted by Gasteiger charge is 2.19. The Morgan fingerprint density at radius 2 is 2.19 bits per heavy atom. The molecule has 0 atom stereocenters. The van der Waals surface area contributed by atoms with Gasteiger partial charge < -0.3 is 14.8 Å². The molecule has 6 nitrogen and oxygen atoms in total. The molecule has 0 fully saturated rings. The summed E-state index contributed by atoms with van der Waals surface area (Å²) in [6, 6.07) is 7.31. The molecule has 0 unspecified atom stereocenters. The number of para-hydroxylation sites is 1. The molecule has 21 heavy (non-hydrogen) atoms. The third-order valence-electron chi connectivity index (χ3n) is 3.36. The van der Waals surface area contributed by atoms with Gasteiger partial charge in [-0.25, -0.2) is 4.79 Å². The second kappa shape index (κ2) is 4.97. The number of aryl methyl sites for hydroxylation is 2. The molecule has 0 aliphatic heterocycles. The molecule has 0 saturated heterocycles.